The third kappa shape index (κ3) is 1.96. The SMILES string of the molecule is C#CCC(C)(C)C(=O)C#C. The van der Waals surface area contributed by atoms with E-state index in [2.05, 4.69) is 11.8 Å². The molecule has 0 aromatic heterocycles. The highest BCUT2D eigenvalue weighted by Gasteiger charge is 2.24. The van der Waals surface area contributed by atoms with Gasteiger partial charge in [0.1, 0.15) is 0 Å². The maximum Gasteiger partial charge on any atom is 0.211 e. The molecule has 0 aliphatic heterocycles. The molecule has 0 radical (unpaired) electrons. The highest BCUT2D eigenvalue weighted by atomic mass is 16.1. The Hall–Kier alpha value is -1.21. The van der Waals surface area contributed by atoms with Gasteiger partial charge in [-0.15, -0.1) is 18.8 Å². The van der Waals surface area contributed by atoms with Crippen LogP contribution < -0.4 is 0 Å². The molecule has 0 aliphatic rings. The summed E-state index contributed by atoms with van der Waals surface area (Å²) < 4.78 is 0. The summed E-state index contributed by atoms with van der Waals surface area (Å²) in [5, 5.41) is 0. The smallest absolute Gasteiger partial charge is 0.211 e. The number of carbonyl (C=O) groups excluding carboxylic acids is 1. The van der Waals surface area contributed by atoms with Crippen LogP contribution in [0.4, 0.5) is 0 Å². The standard InChI is InChI=1S/C9H10O/c1-5-7-9(3,4)8(10)6-2/h1-2H,7H2,3-4H3. The molecule has 0 amide bonds. The van der Waals surface area contributed by atoms with Gasteiger partial charge >= 0.3 is 0 Å². The van der Waals surface area contributed by atoms with E-state index in [0.29, 0.717) is 6.42 Å². The molecule has 1 nitrogen and oxygen atoms in total. The molecule has 0 bridgehead atoms. The van der Waals surface area contributed by atoms with Crippen molar-refractivity contribution in [3.63, 3.8) is 0 Å². The van der Waals surface area contributed by atoms with Gasteiger partial charge in [0.15, 0.2) is 0 Å². The van der Waals surface area contributed by atoms with E-state index in [1.807, 2.05) is 0 Å². The molecule has 1 heteroatoms. The molecule has 0 heterocycles. The van der Waals surface area contributed by atoms with Gasteiger partial charge in [-0.2, -0.15) is 0 Å². The predicted octanol–water partition coefficient (Wildman–Crippen LogP) is 1.24. The van der Waals surface area contributed by atoms with E-state index in [1.54, 1.807) is 13.8 Å². The Balaban J connectivity index is 4.31. The molecule has 0 saturated carbocycles. The van der Waals surface area contributed by atoms with Crippen molar-refractivity contribution in [3.8, 4) is 24.7 Å². The van der Waals surface area contributed by atoms with E-state index in [-0.39, 0.29) is 5.78 Å². The van der Waals surface area contributed by atoms with Crippen molar-refractivity contribution < 1.29 is 4.79 Å². The van der Waals surface area contributed by atoms with Gasteiger partial charge in [-0.1, -0.05) is 13.8 Å². The topological polar surface area (TPSA) is 17.1 Å². The summed E-state index contributed by atoms with van der Waals surface area (Å²) in [4.78, 5) is 10.9. The third-order valence-corrected chi connectivity index (χ3v) is 1.29. The summed E-state index contributed by atoms with van der Waals surface area (Å²) in [5.74, 6) is 4.23. The second kappa shape index (κ2) is 3.08. The second-order valence-electron chi connectivity index (χ2n) is 2.74. The van der Waals surface area contributed by atoms with Gasteiger partial charge in [-0.3, -0.25) is 4.79 Å². The van der Waals surface area contributed by atoms with Crippen molar-refractivity contribution in [1.82, 2.24) is 0 Å². The summed E-state index contributed by atoms with van der Waals surface area (Å²) in [6.45, 7) is 3.49. The molecule has 10 heavy (non-hydrogen) atoms. The minimum absolute atomic E-state index is 0.231. The van der Waals surface area contributed by atoms with Crippen molar-refractivity contribution in [2.75, 3.05) is 0 Å². The minimum Gasteiger partial charge on any atom is -0.284 e. The normalized spacial score (nSPS) is 9.60. The van der Waals surface area contributed by atoms with E-state index >= 15 is 0 Å². The van der Waals surface area contributed by atoms with Gasteiger partial charge in [-0.05, 0) is 5.92 Å². The van der Waals surface area contributed by atoms with Crippen molar-refractivity contribution in [1.29, 1.82) is 0 Å². The Kier molecular flexibility index (Phi) is 2.71. The number of rotatable bonds is 2. The molecule has 0 rings (SSSR count). The Labute approximate surface area is 61.8 Å². The summed E-state index contributed by atoms with van der Waals surface area (Å²) in [6, 6.07) is 0. The summed E-state index contributed by atoms with van der Waals surface area (Å²) >= 11 is 0. The summed E-state index contributed by atoms with van der Waals surface area (Å²) in [7, 11) is 0. The lowest BCUT2D eigenvalue weighted by molar-refractivity contribution is -0.121. The first-order valence-electron chi connectivity index (χ1n) is 2.99. The van der Waals surface area contributed by atoms with Crippen LogP contribution >= 0.6 is 0 Å². The monoisotopic (exact) mass is 134 g/mol. The molecule has 0 fully saturated rings. The Morgan fingerprint density at radius 2 is 2.00 bits per heavy atom. The lowest BCUT2D eigenvalue weighted by Crippen LogP contribution is -2.21. The molecule has 0 spiro atoms. The van der Waals surface area contributed by atoms with Crippen LogP contribution in [-0.2, 0) is 4.79 Å². The Bertz CT molecular complexity index is 210. The Morgan fingerprint density at radius 1 is 1.50 bits per heavy atom. The number of hydrogen-bond acceptors (Lipinski definition) is 1. The van der Waals surface area contributed by atoms with Crippen LogP contribution in [0.3, 0.4) is 0 Å². The van der Waals surface area contributed by atoms with Crippen molar-refractivity contribution in [2.24, 2.45) is 5.41 Å². The van der Waals surface area contributed by atoms with Gasteiger partial charge < -0.3 is 0 Å². The molecule has 0 atom stereocenters. The number of hydrogen-bond donors (Lipinski definition) is 0. The zero-order valence-corrected chi connectivity index (χ0v) is 6.27. The maximum atomic E-state index is 10.9. The maximum absolute atomic E-state index is 10.9. The predicted molar refractivity (Wildman–Crippen MR) is 41.1 cm³/mol. The van der Waals surface area contributed by atoms with Crippen molar-refractivity contribution >= 4 is 5.78 Å². The molecular formula is C9H10O. The first-order chi connectivity index (χ1) is 4.54. The first kappa shape index (κ1) is 8.79. The van der Waals surface area contributed by atoms with Gasteiger partial charge in [0, 0.05) is 11.8 Å². The fraction of sp³-hybridized carbons (Fsp3) is 0.444. The van der Waals surface area contributed by atoms with Crippen molar-refractivity contribution in [3.05, 3.63) is 0 Å². The summed E-state index contributed by atoms with van der Waals surface area (Å²) in [6.07, 6.45) is 10.4. The van der Waals surface area contributed by atoms with Gasteiger partial charge in [0.2, 0.25) is 5.78 Å². The number of carbonyl (C=O) groups is 1. The van der Waals surface area contributed by atoms with Crippen LogP contribution in [0.25, 0.3) is 0 Å². The van der Waals surface area contributed by atoms with E-state index in [0.717, 1.165) is 0 Å². The lowest BCUT2D eigenvalue weighted by Gasteiger charge is -2.15. The van der Waals surface area contributed by atoms with Crippen molar-refractivity contribution in [2.45, 2.75) is 20.3 Å². The Morgan fingerprint density at radius 3 is 2.30 bits per heavy atom. The molecule has 0 aromatic rings. The molecule has 0 saturated heterocycles. The van der Waals surface area contributed by atoms with Gasteiger partial charge in [0.05, 0.1) is 0 Å². The van der Waals surface area contributed by atoms with E-state index in [1.165, 1.54) is 0 Å². The van der Waals surface area contributed by atoms with Gasteiger partial charge in [-0.25, -0.2) is 0 Å². The van der Waals surface area contributed by atoms with Crippen LogP contribution in [0.15, 0.2) is 0 Å². The second-order valence-corrected chi connectivity index (χ2v) is 2.74. The fourth-order valence-electron chi connectivity index (χ4n) is 0.531. The molecule has 52 valence electrons. The van der Waals surface area contributed by atoms with E-state index in [4.69, 9.17) is 12.8 Å². The number of terminal acetylenes is 2. The average Bonchev–Trinajstić information content (AvgIpc) is 1.86. The van der Waals surface area contributed by atoms with E-state index in [9.17, 15) is 4.79 Å². The average molecular weight is 134 g/mol. The lowest BCUT2D eigenvalue weighted by atomic mass is 9.85. The largest absolute Gasteiger partial charge is 0.284 e. The van der Waals surface area contributed by atoms with Crippen LogP contribution in [0.2, 0.25) is 0 Å². The number of ketones is 1. The molecule has 0 unspecified atom stereocenters. The quantitative estimate of drug-likeness (QED) is 0.410. The van der Waals surface area contributed by atoms with Crippen LogP contribution in [0, 0.1) is 30.1 Å². The fourth-order valence-corrected chi connectivity index (χ4v) is 0.531. The molecular weight excluding hydrogens is 124 g/mol. The zero-order valence-electron chi connectivity index (χ0n) is 6.27. The highest BCUT2D eigenvalue weighted by molar-refractivity contribution is 5.99. The minimum atomic E-state index is -0.552. The van der Waals surface area contributed by atoms with Crippen LogP contribution in [-0.4, -0.2) is 5.78 Å². The first-order valence-corrected chi connectivity index (χ1v) is 2.99. The number of Topliss-reactive ketones (excluding diaryl/α,β-unsaturated/α-hetero) is 1. The molecule has 0 aliphatic carbocycles. The molecule has 0 aromatic carbocycles. The summed E-state index contributed by atoms with van der Waals surface area (Å²) in [5.41, 5.74) is -0.552. The van der Waals surface area contributed by atoms with Gasteiger partial charge in [0.25, 0.3) is 0 Å². The zero-order chi connectivity index (χ0) is 8.20. The van der Waals surface area contributed by atoms with Crippen LogP contribution in [0.5, 0.6) is 0 Å². The highest BCUT2D eigenvalue weighted by Crippen LogP contribution is 2.19. The molecule has 0 N–H and O–H groups in total. The van der Waals surface area contributed by atoms with E-state index < -0.39 is 5.41 Å². The van der Waals surface area contributed by atoms with Crippen LogP contribution in [0.1, 0.15) is 20.3 Å². The third-order valence-electron chi connectivity index (χ3n) is 1.29.